The zero-order valence-corrected chi connectivity index (χ0v) is 11.3. The predicted octanol–water partition coefficient (Wildman–Crippen LogP) is 2.14. The number of rotatable bonds is 5. The molecule has 5 heteroatoms. The van der Waals surface area contributed by atoms with Crippen LogP contribution in [0.4, 0.5) is 0 Å². The Hall–Kier alpha value is -1.98. The SMILES string of the molecule is Cc1ccc(CNCC(O)c2ccc3c(c2)OCO3)o1. The summed E-state index contributed by atoms with van der Waals surface area (Å²) in [5.74, 6) is 3.15. The van der Waals surface area contributed by atoms with Crippen LogP contribution in [0, 0.1) is 6.92 Å². The lowest BCUT2D eigenvalue weighted by atomic mass is 10.1. The van der Waals surface area contributed by atoms with Crippen LogP contribution in [0.1, 0.15) is 23.2 Å². The van der Waals surface area contributed by atoms with Crippen LogP contribution in [0.5, 0.6) is 11.5 Å². The number of aliphatic hydroxyl groups excluding tert-OH is 1. The largest absolute Gasteiger partial charge is 0.465 e. The number of aryl methyl sites for hydroxylation is 1. The second kappa shape index (κ2) is 5.56. The minimum Gasteiger partial charge on any atom is -0.465 e. The number of aliphatic hydroxyl groups is 1. The molecule has 0 saturated carbocycles. The Morgan fingerprint density at radius 2 is 2.05 bits per heavy atom. The minimum atomic E-state index is -0.597. The Balaban J connectivity index is 1.55. The summed E-state index contributed by atoms with van der Waals surface area (Å²) in [4.78, 5) is 0. The Labute approximate surface area is 117 Å². The number of benzene rings is 1. The molecule has 2 heterocycles. The first kappa shape index (κ1) is 13.0. The van der Waals surface area contributed by atoms with Crippen molar-refractivity contribution in [3.63, 3.8) is 0 Å². The van der Waals surface area contributed by atoms with E-state index >= 15 is 0 Å². The summed E-state index contributed by atoms with van der Waals surface area (Å²) in [7, 11) is 0. The molecule has 1 aromatic carbocycles. The van der Waals surface area contributed by atoms with E-state index in [-0.39, 0.29) is 6.79 Å². The topological polar surface area (TPSA) is 63.9 Å². The number of nitrogens with one attached hydrogen (secondary N) is 1. The molecule has 0 aliphatic carbocycles. The highest BCUT2D eigenvalue weighted by Gasteiger charge is 2.16. The number of ether oxygens (including phenoxy) is 2. The first-order valence-corrected chi connectivity index (χ1v) is 6.56. The first-order valence-electron chi connectivity index (χ1n) is 6.56. The van der Waals surface area contributed by atoms with Crippen molar-refractivity contribution in [2.75, 3.05) is 13.3 Å². The Morgan fingerprint density at radius 3 is 2.85 bits per heavy atom. The van der Waals surface area contributed by atoms with Gasteiger partial charge in [0.05, 0.1) is 12.6 Å². The van der Waals surface area contributed by atoms with Gasteiger partial charge in [-0.2, -0.15) is 0 Å². The molecule has 2 N–H and O–H groups in total. The van der Waals surface area contributed by atoms with Crippen LogP contribution in [-0.2, 0) is 6.54 Å². The van der Waals surface area contributed by atoms with Gasteiger partial charge in [0.2, 0.25) is 6.79 Å². The van der Waals surface area contributed by atoms with E-state index in [0.29, 0.717) is 18.8 Å². The molecule has 0 bridgehead atoms. The van der Waals surface area contributed by atoms with Gasteiger partial charge in [0.25, 0.3) is 0 Å². The molecule has 1 atom stereocenters. The third-order valence-electron chi connectivity index (χ3n) is 3.21. The van der Waals surface area contributed by atoms with Crippen LogP contribution in [0.15, 0.2) is 34.7 Å². The van der Waals surface area contributed by atoms with E-state index in [0.717, 1.165) is 22.8 Å². The minimum absolute atomic E-state index is 0.241. The summed E-state index contributed by atoms with van der Waals surface area (Å²) >= 11 is 0. The third kappa shape index (κ3) is 2.79. The van der Waals surface area contributed by atoms with Crippen LogP contribution in [0.3, 0.4) is 0 Å². The highest BCUT2D eigenvalue weighted by molar-refractivity contribution is 5.45. The maximum absolute atomic E-state index is 10.1. The molecule has 1 aliphatic heterocycles. The maximum Gasteiger partial charge on any atom is 0.231 e. The van der Waals surface area contributed by atoms with Crippen LogP contribution in [-0.4, -0.2) is 18.4 Å². The van der Waals surface area contributed by atoms with E-state index in [2.05, 4.69) is 5.32 Å². The molecule has 20 heavy (non-hydrogen) atoms. The van der Waals surface area contributed by atoms with Crippen molar-refractivity contribution >= 4 is 0 Å². The summed E-state index contributed by atoms with van der Waals surface area (Å²) in [5.41, 5.74) is 0.803. The Morgan fingerprint density at radius 1 is 1.20 bits per heavy atom. The monoisotopic (exact) mass is 275 g/mol. The number of furan rings is 1. The molecule has 5 nitrogen and oxygen atoms in total. The molecule has 0 fully saturated rings. The summed E-state index contributed by atoms with van der Waals surface area (Å²) in [5, 5.41) is 13.3. The van der Waals surface area contributed by atoms with Gasteiger partial charge in [-0.05, 0) is 36.8 Å². The second-order valence-electron chi connectivity index (χ2n) is 4.77. The lowest BCUT2D eigenvalue weighted by Gasteiger charge is -2.12. The van der Waals surface area contributed by atoms with Crippen LogP contribution in [0.2, 0.25) is 0 Å². The zero-order chi connectivity index (χ0) is 13.9. The number of fused-ring (bicyclic) bond motifs is 1. The average molecular weight is 275 g/mol. The summed E-state index contributed by atoms with van der Waals surface area (Å²) in [6, 6.07) is 9.32. The van der Waals surface area contributed by atoms with Crippen molar-refractivity contribution in [3.8, 4) is 11.5 Å². The standard InChI is InChI=1S/C15H17NO4/c1-10-2-4-12(20-10)7-16-8-13(17)11-3-5-14-15(6-11)19-9-18-14/h2-6,13,16-17H,7-9H2,1H3. The zero-order valence-electron chi connectivity index (χ0n) is 11.3. The molecule has 2 aromatic rings. The van der Waals surface area contributed by atoms with Crippen LogP contribution >= 0.6 is 0 Å². The Kier molecular flexibility index (Phi) is 3.62. The van der Waals surface area contributed by atoms with Crippen molar-refractivity contribution in [1.29, 1.82) is 0 Å². The van der Waals surface area contributed by atoms with Gasteiger partial charge in [-0.3, -0.25) is 0 Å². The van der Waals surface area contributed by atoms with Crippen molar-refractivity contribution in [2.24, 2.45) is 0 Å². The van der Waals surface area contributed by atoms with Crippen molar-refractivity contribution in [3.05, 3.63) is 47.4 Å². The van der Waals surface area contributed by atoms with Gasteiger partial charge < -0.3 is 24.3 Å². The van der Waals surface area contributed by atoms with Gasteiger partial charge in [-0.1, -0.05) is 6.07 Å². The molecule has 1 aliphatic rings. The summed E-state index contributed by atoms with van der Waals surface area (Å²) in [6.45, 7) is 3.19. The fraction of sp³-hybridized carbons (Fsp3) is 0.333. The smallest absolute Gasteiger partial charge is 0.231 e. The van der Waals surface area contributed by atoms with Crippen LogP contribution in [0.25, 0.3) is 0 Å². The average Bonchev–Trinajstić information content (AvgIpc) is 3.06. The van der Waals surface area contributed by atoms with Crippen LogP contribution < -0.4 is 14.8 Å². The molecule has 0 saturated heterocycles. The van der Waals surface area contributed by atoms with E-state index in [1.165, 1.54) is 0 Å². The van der Waals surface area contributed by atoms with E-state index in [1.807, 2.05) is 37.3 Å². The van der Waals surface area contributed by atoms with Crippen molar-refractivity contribution in [2.45, 2.75) is 19.6 Å². The molecular weight excluding hydrogens is 258 g/mol. The molecule has 1 aromatic heterocycles. The normalized spacial score (nSPS) is 14.5. The highest BCUT2D eigenvalue weighted by atomic mass is 16.7. The second-order valence-corrected chi connectivity index (χ2v) is 4.77. The maximum atomic E-state index is 10.1. The lowest BCUT2D eigenvalue weighted by molar-refractivity contribution is 0.169. The van der Waals surface area contributed by atoms with E-state index in [9.17, 15) is 5.11 Å². The van der Waals surface area contributed by atoms with E-state index in [4.69, 9.17) is 13.9 Å². The van der Waals surface area contributed by atoms with Gasteiger partial charge in [-0.15, -0.1) is 0 Å². The fourth-order valence-corrected chi connectivity index (χ4v) is 2.15. The quantitative estimate of drug-likeness (QED) is 0.875. The first-order chi connectivity index (χ1) is 9.72. The van der Waals surface area contributed by atoms with E-state index in [1.54, 1.807) is 0 Å². The number of hydrogen-bond donors (Lipinski definition) is 2. The molecule has 3 rings (SSSR count). The molecule has 0 radical (unpaired) electrons. The highest BCUT2D eigenvalue weighted by Crippen LogP contribution is 2.34. The molecular formula is C15H17NO4. The number of hydrogen-bond acceptors (Lipinski definition) is 5. The predicted molar refractivity (Wildman–Crippen MR) is 72.7 cm³/mol. The van der Waals surface area contributed by atoms with Crippen molar-refractivity contribution < 1.29 is 19.0 Å². The van der Waals surface area contributed by atoms with Gasteiger partial charge in [0.1, 0.15) is 11.5 Å². The van der Waals surface area contributed by atoms with Gasteiger partial charge in [-0.25, -0.2) is 0 Å². The lowest BCUT2D eigenvalue weighted by Crippen LogP contribution is -2.20. The Bertz CT molecular complexity index is 593. The molecule has 1 unspecified atom stereocenters. The third-order valence-corrected chi connectivity index (χ3v) is 3.21. The summed E-state index contributed by atoms with van der Waals surface area (Å²) in [6.07, 6.45) is -0.597. The van der Waals surface area contributed by atoms with Gasteiger partial charge in [0, 0.05) is 6.54 Å². The van der Waals surface area contributed by atoms with Gasteiger partial charge >= 0.3 is 0 Å². The molecule has 106 valence electrons. The summed E-state index contributed by atoms with van der Waals surface area (Å²) < 4.78 is 16.0. The molecule has 0 amide bonds. The fourth-order valence-electron chi connectivity index (χ4n) is 2.15. The van der Waals surface area contributed by atoms with Gasteiger partial charge in [0.15, 0.2) is 11.5 Å². The van der Waals surface area contributed by atoms with Crippen molar-refractivity contribution in [1.82, 2.24) is 5.32 Å². The molecule has 0 spiro atoms. The van der Waals surface area contributed by atoms with E-state index < -0.39 is 6.10 Å².